The summed E-state index contributed by atoms with van der Waals surface area (Å²) in [6.45, 7) is 11.9. The van der Waals surface area contributed by atoms with E-state index in [1.54, 1.807) is 0 Å². The highest BCUT2D eigenvalue weighted by Crippen LogP contribution is 2.45. The molecule has 0 bridgehead atoms. The fraction of sp³-hybridized carbons (Fsp3) is 0.947. The molecule has 17 nitrogen and oxygen atoms in total. The van der Waals surface area contributed by atoms with Crippen molar-refractivity contribution in [3.8, 4) is 0 Å². The number of ether oxygens (including phenoxy) is 4. The van der Waals surface area contributed by atoms with Gasteiger partial charge in [-0.1, -0.05) is 337 Å². The zero-order chi connectivity index (χ0) is 70.1. The summed E-state index contributed by atoms with van der Waals surface area (Å²) in [6.07, 6.45) is 52.9. The van der Waals surface area contributed by atoms with Crippen molar-refractivity contribution < 1.29 is 80.2 Å². The molecule has 0 aromatic rings. The molecule has 0 aromatic carbocycles. The summed E-state index contributed by atoms with van der Waals surface area (Å²) >= 11 is 0. The van der Waals surface area contributed by atoms with Gasteiger partial charge in [0.05, 0.1) is 26.4 Å². The molecule has 0 aromatic heterocycles. The second kappa shape index (κ2) is 66.6. The van der Waals surface area contributed by atoms with Crippen molar-refractivity contribution >= 4 is 39.5 Å². The van der Waals surface area contributed by atoms with Crippen LogP contribution in [0.4, 0.5) is 0 Å². The maximum atomic E-state index is 13.1. The maximum absolute atomic E-state index is 13.1. The third-order valence-corrected chi connectivity index (χ3v) is 19.9. The second-order valence-corrected chi connectivity index (χ2v) is 31.5. The molecule has 0 aliphatic rings. The van der Waals surface area contributed by atoms with Crippen molar-refractivity contribution in [2.45, 2.75) is 407 Å². The SMILES string of the molecule is CCCCCCCCCCCC(=O)OC[C@H](COP(=O)(O)OC[C@H](O)COP(=O)(O)OC[C@@H](COC(=O)CCCCCCCCCCCCCC(C)C)OC(=O)CCCCCCCCCCCCCCCCCCCCC(C)CC)OC(=O)CCCCCCCCCC(C)C. The van der Waals surface area contributed by atoms with Gasteiger partial charge in [-0.15, -0.1) is 0 Å². The fourth-order valence-electron chi connectivity index (χ4n) is 11.6. The van der Waals surface area contributed by atoms with Gasteiger partial charge in [0.25, 0.3) is 0 Å². The Bertz CT molecular complexity index is 1850. The third-order valence-electron chi connectivity index (χ3n) is 18.0. The lowest BCUT2D eigenvalue weighted by atomic mass is 9.99. The molecule has 0 rings (SSSR count). The Kier molecular flexibility index (Phi) is 65.2. The molecule has 0 heterocycles. The average Bonchev–Trinajstić information content (AvgIpc) is 1.71. The molecule has 3 N–H and O–H groups in total. The third kappa shape index (κ3) is 69.0. The molecular formula is C76H148O17P2. The lowest BCUT2D eigenvalue weighted by molar-refractivity contribution is -0.161. The molecule has 0 fully saturated rings. The molecule has 0 radical (unpaired) electrons. The van der Waals surface area contributed by atoms with E-state index in [4.69, 9.17) is 37.0 Å². The highest BCUT2D eigenvalue weighted by molar-refractivity contribution is 7.47. The van der Waals surface area contributed by atoms with E-state index in [1.807, 2.05) is 0 Å². The van der Waals surface area contributed by atoms with Crippen molar-refractivity contribution in [3.05, 3.63) is 0 Å². The van der Waals surface area contributed by atoms with Crippen LogP contribution in [0.15, 0.2) is 0 Å². The van der Waals surface area contributed by atoms with Gasteiger partial charge in [0, 0.05) is 25.7 Å². The van der Waals surface area contributed by atoms with E-state index in [2.05, 4.69) is 48.5 Å². The van der Waals surface area contributed by atoms with E-state index in [0.717, 1.165) is 102 Å². The van der Waals surface area contributed by atoms with Crippen LogP contribution in [-0.2, 0) is 65.4 Å². The monoisotopic (exact) mass is 1400 g/mol. The molecule has 19 heteroatoms. The summed E-state index contributed by atoms with van der Waals surface area (Å²) in [6, 6.07) is 0. The van der Waals surface area contributed by atoms with Gasteiger partial charge in [-0.25, -0.2) is 9.13 Å². The number of aliphatic hydroxyl groups is 1. The normalized spacial score (nSPS) is 14.4. The van der Waals surface area contributed by atoms with Gasteiger partial charge in [-0.3, -0.25) is 37.3 Å². The van der Waals surface area contributed by atoms with Gasteiger partial charge in [0.2, 0.25) is 0 Å². The lowest BCUT2D eigenvalue weighted by Gasteiger charge is -2.21. The van der Waals surface area contributed by atoms with E-state index in [0.29, 0.717) is 31.6 Å². The topological polar surface area (TPSA) is 237 Å². The highest BCUT2D eigenvalue weighted by atomic mass is 31.2. The van der Waals surface area contributed by atoms with Gasteiger partial charge in [0.15, 0.2) is 12.2 Å². The van der Waals surface area contributed by atoms with Gasteiger partial charge in [-0.05, 0) is 43.4 Å². The van der Waals surface area contributed by atoms with E-state index >= 15 is 0 Å². The van der Waals surface area contributed by atoms with Crippen LogP contribution in [-0.4, -0.2) is 96.7 Å². The van der Waals surface area contributed by atoms with Crippen LogP contribution in [0, 0.1) is 17.8 Å². The molecule has 0 saturated heterocycles. The summed E-state index contributed by atoms with van der Waals surface area (Å²) in [7, 11) is -9.91. The first-order valence-corrected chi connectivity index (χ1v) is 42.4. The summed E-state index contributed by atoms with van der Waals surface area (Å²) < 4.78 is 68.4. The van der Waals surface area contributed by atoms with Crippen LogP contribution < -0.4 is 0 Å². The van der Waals surface area contributed by atoms with Gasteiger partial charge < -0.3 is 33.8 Å². The van der Waals surface area contributed by atoms with Crippen LogP contribution in [0.5, 0.6) is 0 Å². The number of unbranched alkanes of at least 4 members (excludes halogenated alkanes) is 41. The van der Waals surface area contributed by atoms with Crippen LogP contribution >= 0.6 is 15.6 Å². The zero-order valence-corrected chi connectivity index (χ0v) is 63.9. The van der Waals surface area contributed by atoms with E-state index in [1.165, 1.54) is 199 Å². The zero-order valence-electron chi connectivity index (χ0n) is 62.1. The number of phosphoric ester groups is 2. The quantitative estimate of drug-likeness (QED) is 0.0222. The number of rotatable bonds is 74. The summed E-state index contributed by atoms with van der Waals surface area (Å²) in [5.74, 6) is 0.216. The Balaban J connectivity index is 5.17. The van der Waals surface area contributed by atoms with Crippen molar-refractivity contribution in [2.75, 3.05) is 39.6 Å². The summed E-state index contributed by atoms with van der Waals surface area (Å²) in [5, 5.41) is 10.6. The predicted octanol–water partition coefficient (Wildman–Crippen LogP) is 22.2. The van der Waals surface area contributed by atoms with E-state index in [9.17, 15) is 43.2 Å². The van der Waals surface area contributed by atoms with Gasteiger partial charge >= 0.3 is 39.5 Å². The molecule has 0 spiro atoms. The highest BCUT2D eigenvalue weighted by Gasteiger charge is 2.30. The van der Waals surface area contributed by atoms with Crippen molar-refractivity contribution in [2.24, 2.45) is 17.8 Å². The van der Waals surface area contributed by atoms with Gasteiger partial charge in [-0.2, -0.15) is 0 Å². The minimum Gasteiger partial charge on any atom is -0.462 e. The fourth-order valence-corrected chi connectivity index (χ4v) is 13.1. The number of phosphoric acid groups is 2. The molecule has 6 atom stereocenters. The minimum absolute atomic E-state index is 0.103. The molecule has 0 aliphatic carbocycles. The Morgan fingerprint density at radius 1 is 0.305 bits per heavy atom. The van der Waals surface area contributed by atoms with Gasteiger partial charge in [0.1, 0.15) is 19.3 Å². The number of aliphatic hydroxyl groups excluding tert-OH is 1. The molecule has 3 unspecified atom stereocenters. The van der Waals surface area contributed by atoms with Crippen LogP contribution in [0.25, 0.3) is 0 Å². The number of esters is 4. The Morgan fingerprint density at radius 3 is 0.800 bits per heavy atom. The lowest BCUT2D eigenvalue weighted by Crippen LogP contribution is -2.30. The first-order valence-electron chi connectivity index (χ1n) is 39.4. The summed E-state index contributed by atoms with van der Waals surface area (Å²) in [4.78, 5) is 72.7. The van der Waals surface area contributed by atoms with Crippen LogP contribution in [0.2, 0.25) is 0 Å². The predicted molar refractivity (Wildman–Crippen MR) is 386 cm³/mol. The number of hydrogen-bond acceptors (Lipinski definition) is 15. The average molecular weight is 1400 g/mol. The Labute approximate surface area is 581 Å². The smallest absolute Gasteiger partial charge is 0.462 e. The molecule has 564 valence electrons. The Morgan fingerprint density at radius 2 is 0.537 bits per heavy atom. The summed E-state index contributed by atoms with van der Waals surface area (Å²) in [5.41, 5.74) is 0. The number of carbonyl (C=O) groups excluding carboxylic acids is 4. The number of hydrogen-bond donors (Lipinski definition) is 3. The van der Waals surface area contributed by atoms with Crippen LogP contribution in [0.3, 0.4) is 0 Å². The number of carbonyl (C=O) groups is 4. The first kappa shape index (κ1) is 93.1. The van der Waals surface area contributed by atoms with Crippen molar-refractivity contribution in [3.63, 3.8) is 0 Å². The molecular weight excluding hydrogens is 1250 g/mol. The molecule has 0 saturated carbocycles. The van der Waals surface area contributed by atoms with E-state index in [-0.39, 0.29) is 25.7 Å². The van der Waals surface area contributed by atoms with Crippen LogP contribution in [0.1, 0.15) is 389 Å². The minimum atomic E-state index is -4.96. The largest absolute Gasteiger partial charge is 0.472 e. The molecule has 0 aliphatic heterocycles. The standard InChI is InChI=1S/C76H148O17P2/c1-8-10-11-12-13-27-36-43-50-57-73(78)86-64-72(93-76(81)60-53-46-39-32-34-41-48-55-68(5)6)66-91-95(84,85)89-62-70(77)61-88-94(82,83)90-65-71(63-87-74(79)58-51-44-37-30-26-22-23-28-33-40-47-54-67(3)4)92-75(80)59-52-45-38-31-25-21-19-17-15-14-16-18-20-24-29-35-42-49-56-69(7)9-2/h67-72,77H,8-66H2,1-7H3,(H,82,83)(H,84,85)/t69?,70-,71-,72-/m1/s1. The molecule has 0 amide bonds. The van der Waals surface area contributed by atoms with Crippen molar-refractivity contribution in [1.82, 2.24) is 0 Å². The Hall–Kier alpha value is -1.94. The van der Waals surface area contributed by atoms with E-state index < -0.39 is 97.5 Å². The maximum Gasteiger partial charge on any atom is 0.472 e. The second-order valence-electron chi connectivity index (χ2n) is 28.6. The van der Waals surface area contributed by atoms with Crippen molar-refractivity contribution in [1.29, 1.82) is 0 Å². The first-order chi connectivity index (χ1) is 45.8. The molecule has 95 heavy (non-hydrogen) atoms.